The summed E-state index contributed by atoms with van der Waals surface area (Å²) in [7, 11) is 0. The molecule has 0 aliphatic rings. The first-order valence-electron chi connectivity index (χ1n) is 4.89. The minimum Gasteiger partial charge on any atom is -0.476 e. The smallest absolute Gasteiger partial charge is 0.358 e. The van der Waals surface area contributed by atoms with Gasteiger partial charge < -0.3 is 10.4 Å². The molecule has 2 heterocycles. The molecule has 0 atom stereocenters. The van der Waals surface area contributed by atoms with Crippen LogP contribution in [-0.2, 0) is 6.54 Å². The number of anilines is 1. The first-order valence-corrected chi connectivity index (χ1v) is 4.89. The number of carbonyl (C=O) groups is 1. The maximum atomic E-state index is 10.6. The van der Waals surface area contributed by atoms with E-state index in [0.717, 1.165) is 0 Å². The molecule has 0 unspecified atom stereocenters. The lowest BCUT2D eigenvalue weighted by molar-refractivity contribution is 0.0690. The number of rotatable bonds is 5. The van der Waals surface area contributed by atoms with E-state index in [1.807, 2.05) is 0 Å². The van der Waals surface area contributed by atoms with Gasteiger partial charge >= 0.3 is 5.97 Å². The Kier molecular flexibility index (Phi) is 3.24. The topological polar surface area (TPSA) is 106 Å². The third-order valence-electron chi connectivity index (χ3n) is 1.97. The van der Waals surface area contributed by atoms with Crippen LogP contribution in [0.15, 0.2) is 24.8 Å². The second-order valence-electron chi connectivity index (χ2n) is 3.19. The molecule has 2 aromatic heterocycles. The number of nitrogens with zero attached hydrogens (tertiary/aromatic N) is 5. The van der Waals surface area contributed by atoms with Gasteiger partial charge in [0.05, 0.1) is 18.9 Å². The van der Waals surface area contributed by atoms with Crippen molar-refractivity contribution >= 4 is 11.8 Å². The first kappa shape index (κ1) is 11.0. The van der Waals surface area contributed by atoms with E-state index in [9.17, 15) is 4.79 Å². The van der Waals surface area contributed by atoms with Crippen LogP contribution < -0.4 is 5.32 Å². The molecular weight excluding hydrogens is 224 g/mol. The molecule has 2 rings (SSSR count). The number of carboxylic acid groups (broad SMARTS) is 1. The van der Waals surface area contributed by atoms with E-state index in [4.69, 9.17) is 5.11 Å². The molecule has 0 radical (unpaired) electrons. The molecular formula is C9H10N6O2. The summed E-state index contributed by atoms with van der Waals surface area (Å²) in [5.41, 5.74) is -0.0653. The summed E-state index contributed by atoms with van der Waals surface area (Å²) in [6.07, 6.45) is 6.15. The van der Waals surface area contributed by atoms with E-state index in [-0.39, 0.29) is 5.69 Å². The van der Waals surface area contributed by atoms with E-state index in [1.54, 1.807) is 18.6 Å². The lowest BCUT2D eigenvalue weighted by Gasteiger charge is -2.03. The summed E-state index contributed by atoms with van der Waals surface area (Å²) in [6, 6.07) is 0. The Bertz CT molecular complexity index is 497. The number of hydrogen-bond acceptors (Lipinski definition) is 6. The fourth-order valence-corrected chi connectivity index (χ4v) is 1.19. The van der Waals surface area contributed by atoms with Crippen molar-refractivity contribution in [2.75, 3.05) is 11.9 Å². The predicted octanol–water partition coefficient (Wildman–Crippen LogP) is -0.122. The van der Waals surface area contributed by atoms with Crippen molar-refractivity contribution in [1.29, 1.82) is 0 Å². The highest BCUT2D eigenvalue weighted by Crippen LogP contribution is 1.97. The minimum atomic E-state index is -1.09. The minimum absolute atomic E-state index is 0.0653. The Balaban J connectivity index is 1.84. The summed E-state index contributed by atoms with van der Waals surface area (Å²) in [5, 5.41) is 18.9. The molecule has 2 N–H and O–H groups in total. The van der Waals surface area contributed by atoms with Crippen LogP contribution in [0.3, 0.4) is 0 Å². The Morgan fingerprint density at radius 1 is 1.47 bits per heavy atom. The van der Waals surface area contributed by atoms with Crippen LogP contribution in [0.25, 0.3) is 0 Å². The lowest BCUT2D eigenvalue weighted by Crippen LogP contribution is -2.11. The molecule has 0 spiro atoms. The highest BCUT2D eigenvalue weighted by atomic mass is 16.4. The maximum absolute atomic E-state index is 10.6. The second kappa shape index (κ2) is 5.01. The maximum Gasteiger partial charge on any atom is 0.358 e. The predicted molar refractivity (Wildman–Crippen MR) is 57.5 cm³/mol. The van der Waals surface area contributed by atoms with Gasteiger partial charge in [-0.25, -0.2) is 14.5 Å². The average Bonchev–Trinajstić information content (AvgIpc) is 2.79. The second-order valence-corrected chi connectivity index (χ2v) is 3.19. The average molecular weight is 234 g/mol. The largest absolute Gasteiger partial charge is 0.476 e. The van der Waals surface area contributed by atoms with Gasteiger partial charge in [-0.05, 0) is 0 Å². The van der Waals surface area contributed by atoms with Crippen LogP contribution in [0.1, 0.15) is 10.5 Å². The van der Waals surface area contributed by atoms with Crippen LogP contribution in [-0.4, -0.2) is 42.6 Å². The van der Waals surface area contributed by atoms with Crippen LogP contribution in [0.4, 0.5) is 5.82 Å². The normalized spacial score (nSPS) is 10.1. The summed E-state index contributed by atoms with van der Waals surface area (Å²) >= 11 is 0. The van der Waals surface area contributed by atoms with Crippen LogP contribution >= 0.6 is 0 Å². The fourth-order valence-electron chi connectivity index (χ4n) is 1.19. The van der Waals surface area contributed by atoms with Gasteiger partial charge in [-0.1, -0.05) is 5.21 Å². The number of aromatic carboxylic acids is 1. The summed E-state index contributed by atoms with van der Waals surface area (Å²) in [5.74, 6) is -0.427. The van der Waals surface area contributed by atoms with Crippen molar-refractivity contribution < 1.29 is 9.90 Å². The molecule has 0 fully saturated rings. The molecule has 8 nitrogen and oxygen atoms in total. The SMILES string of the molecule is O=C(O)c1cn(CCNc2cnccn2)nn1. The van der Waals surface area contributed by atoms with E-state index in [0.29, 0.717) is 18.9 Å². The van der Waals surface area contributed by atoms with E-state index in [2.05, 4.69) is 25.6 Å². The van der Waals surface area contributed by atoms with Crippen LogP contribution in [0, 0.1) is 0 Å². The Labute approximate surface area is 96.3 Å². The van der Waals surface area contributed by atoms with Crippen molar-refractivity contribution in [3.63, 3.8) is 0 Å². The molecule has 0 amide bonds. The van der Waals surface area contributed by atoms with Gasteiger partial charge in [0, 0.05) is 18.9 Å². The van der Waals surface area contributed by atoms with Gasteiger partial charge in [0.2, 0.25) is 0 Å². The Morgan fingerprint density at radius 3 is 3.00 bits per heavy atom. The number of hydrogen-bond donors (Lipinski definition) is 2. The van der Waals surface area contributed by atoms with Crippen molar-refractivity contribution in [3.05, 3.63) is 30.5 Å². The van der Waals surface area contributed by atoms with Crippen LogP contribution in [0.2, 0.25) is 0 Å². The number of aromatic nitrogens is 5. The molecule has 0 aromatic carbocycles. The summed E-state index contributed by atoms with van der Waals surface area (Å²) in [4.78, 5) is 18.5. The molecule has 17 heavy (non-hydrogen) atoms. The molecule has 88 valence electrons. The Hall–Kier alpha value is -2.51. The van der Waals surface area contributed by atoms with Crippen molar-refractivity contribution in [2.45, 2.75) is 6.54 Å². The third kappa shape index (κ3) is 2.97. The van der Waals surface area contributed by atoms with Gasteiger partial charge in [0.25, 0.3) is 0 Å². The van der Waals surface area contributed by atoms with Gasteiger partial charge in [-0.15, -0.1) is 5.10 Å². The van der Waals surface area contributed by atoms with Crippen LogP contribution in [0.5, 0.6) is 0 Å². The fraction of sp³-hybridized carbons (Fsp3) is 0.222. The standard InChI is InChI=1S/C9H10N6O2/c16-9(17)7-6-15(14-13-7)4-3-12-8-5-10-1-2-11-8/h1-2,5-6H,3-4H2,(H,11,12)(H,16,17). The summed E-state index contributed by atoms with van der Waals surface area (Å²) < 4.78 is 1.45. The van der Waals surface area contributed by atoms with E-state index < -0.39 is 5.97 Å². The molecule has 0 aliphatic heterocycles. The molecule has 0 saturated carbocycles. The summed E-state index contributed by atoms with van der Waals surface area (Å²) in [6.45, 7) is 1.05. The first-order chi connectivity index (χ1) is 8.25. The zero-order chi connectivity index (χ0) is 12.1. The molecule has 2 aromatic rings. The van der Waals surface area contributed by atoms with Gasteiger partial charge in [0.15, 0.2) is 5.69 Å². The monoisotopic (exact) mass is 234 g/mol. The zero-order valence-electron chi connectivity index (χ0n) is 8.82. The van der Waals surface area contributed by atoms with Crippen molar-refractivity contribution in [2.24, 2.45) is 0 Å². The Morgan fingerprint density at radius 2 is 2.35 bits per heavy atom. The van der Waals surface area contributed by atoms with Crippen molar-refractivity contribution in [1.82, 2.24) is 25.0 Å². The van der Waals surface area contributed by atoms with E-state index in [1.165, 1.54) is 10.9 Å². The molecule has 0 saturated heterocycles. The van der Waals surface area contributed by atoms with Gasteiger partial charge in [-0.2, -0.15) is 0 Å². The van der Waals surface area contributed by atoms with Gasteiger partial charge in [-0.3, -0.25) is 4.98 Å². The molecule has 8 heteroatoms. The highest BCUT2D eigenvalue weighted by molar-refractivity contribution is 5.84. The molecule has 0 aliphatic carbocycles. The van der Waals surface area contributed by atoms with Crippen molar-refractivity contribution in [3.8, 4) is 0 Å². The molecule has 0 bridgehead atoms. The third-order valence-corrected chi connectivity index (χ3v) is 1.97. The number of nitrogens with one attached hydrogen (secondary N) is 1. The zero-order valence-corrected chi connectivity index (χ0v) is 8.82. The quantitative estimate of drug-likeness (QED) is 0.742. The van der Waals surface area contributed by atoms with E-state index >= 15 is 0 Å². The highest BCUT2D eigenvalue weighted by Gasteiger charge is 2.07. The van der Waals surface area contributed by atoms with Gasteiger partial charge in [0.1, 0.15) is 5.82 Å². The number of carboxylic acids is 1. The lowest BCUT2D eigenvalue weighted by atomic mass is 10.5.